The Bertz CT molecular complexity index is 374. The smallest absolute Gasteiger partial charge is 0.228 e. The van der Waals surface area contributed by atoms with Crippen LogP contribution in [-0.2, 0) is 14.3 Å². The van der Waals surface area contributed by atoms with E-state index >= 15 is 0 Å². The number of hydrogen-bond acceptors (Lipinski definition) is 3. The monoisotopic (exact) mass is 347 g/mol. The van der Waals surface area contributed by atoms with Crippen LogP contribution in [0.2, 0.25) is 0 Å². The van der Waals surface area contributed by atoms with Crippen LogP contribution < -0.4 is 0 Å². The van der Waals surface area contributed by atoms with Crippen molar-refractivity contribution in [2.24, 2.45) is 11.8 Å². The lowest BCUT2D eigenvalue weighted by Gasteiger charge is -2.43. The quantitative estimate of drug-likeness (QED) is 0.720. The topological polar surface area (TPSA) is 38.8 Å². The van der Waals surface area contributed by atoms with Crippen LogP contribution >= 0.6 is 15.9 Å². The molecule has 2 aliphatic rings. The predicted octanol–water partition coefficient (Wildman–Crippen LogP) is 2.45. The third-order valence-electron chi connectivity index (χ3n) is 4.49. The molecule has 0 aliphatic carbocycles. The van der Waals surface area contributed by atoms with E-state index < -0.39 is 0 Å². The van der Waals surface area contributed by atoms with Crippen molar-refractivity contribution in [3.8, 4) is 0 Å². The maximum absolute atomic E-state index is 12.9. The maximum atomic E-state index is 12.9. The molecule has 2 aliphatic heterocycles. The predicted molar refractivity (Wildman–Crippen MR) is 82.0 cm³/mol. The molecule has 2 rings (SSSR count). The van der Waals surface area contributed by atoms with Gasteiger partial charge in [-0.3, -0.25) is 4.79 Å². The molecular formula is C15H26BrNO3. The minimum Gasteiger partial charge on any atom is -0.374 e. The SMILES string of the molecule is CC1OC(C)C(C(=O)N2CC(CBr)OC(C)(C)C2)C1C. The number of ether oxygens (including phenoxy) is 2. The summed E-state index contributed by atoms with van der Waals surface area (Å²) < 4.78 is 11.8. The Morgan fingerprint density at radius 1 is 1.30 bits per heavy atom. The highest BCUT2D eigenvalue weighted by molar-refractivity contribution is 9.09. The summed E-state index contributed by atoms with van der Waals surface area (Å²) in [5, 5.41) is 0.753. The fourth-order valence-electron chi connectivity index (χ4n) is 3.45. The van der Waals surface area contributed by atoms with Crippen LogP contribution in [-0.4, -0.2) is 53.1 Å². The van der Waals surface area contributed by atoms with Crippen molar-refractivity contribution in [2.75, 3.05) is 18.4 Å². The van der Waals surface area contributed by atoms with Gasteiger partial charge in [0.05, 0.1) is 29.8 Å². The number of alkyl halides is 1. The van der Waals surface area contributed by atoms with Gasteiger partial charge in [0.1, 0.15) is 0 Å². The molecule has 5 heteroatoms. The summed E-state index contributed by atoms with van der Waals surface area (Å²) in [5.41, 5.74) is -0.288. The van der Waals surface area contributed by atoms with Gasteiger partial charge >= 0.3 is 0 Å². The number of rotatable bonds is 2. The van der Waals surface area contributed by atoms with E-state index in [-0.39, 0.29) is 41.7 Å². The van der Waals surface area contributed by atoms with Gasteiger partial charge in [-0.2, -0.15) is 0 Å². The van der Waals surface area contributed by atoms with E-state index in [9.17, 15) is 4.79 Å². The minimum atomic E-state index is -0.288. The largest absolute Gasteiger partial charge is 0.374 e. The Labute approximate surface area is 130 Å². The first-order valence-corrected chi connectivity index (χ1v) is 8.55. The second kappa shape index (κ2) is 5.93. The summed E-state index contributed by atoms with van der Waals surface area (Å²) in [6.07, 6.45) is 0.217. The van der Waals surface area contributed by atoms with Gasteiger partial charge in [-0.05, 0) is 33.6 Å². The van der Waals surface area contributed by atoms with Crippen LogP contribution in [0.15, 0.2) is 0 Å². The highest BCUT2D eigenvalue weighted by Gasteiger charge is 2.45. The van der Waals surface area contributed by atoms with Crippen LogP contribution in [0, 0.1) is 11.8 Å². The van der Waals surface area contributed by atoms with Gasteiger partial charge in [-0.15, -0.1) is 0 Å². The van der Waals surface area contributed by atoms with Crippen molar-refractivity contribution in [1.82, 2.24) is 4.90 Å². The highest BCUT2D eigenvalue weighted by Crippen LogP contribution is 2.35. The van der Waals surface area contributed by atoms with Crippen LogP contribution in [0.25, 0.3) is 0 Å². The molecule has 0 bridgehead atoms. The number of nitrogens with zero attached hydrogens (tertiary/aromatic N) is 1. The van der Waals surface area contributed by atoms with Crippen LogP contribution in [0.5, 0.6) is 0 Å². The van der Waals surface area contributed by atoms with E-state index in [4.69, 9.17) is 9.47 Å². The van der Waals surface area contributed by atoms with E-state index in [2.05, 4.69) is 29.8 Å². The molecule has 2 saturated heterocycles. The molecule has 1 amide bonds. The average molecular weight is 348 g/mol. The molecule has 0 spiro atoms. The lowest BCUT2D eigenvalue weighted by atomic mass is 9.87. The van der Waals surface area contributed by atoms with Crippen molar-refractivity contribution < 1.29 is 14.3 Å². The van der Waals surface area contributed by atoms with Crippen LogP contribution in [0.4, 0.5) is 0 Å². The van der Waals surface area contributed by atoms with Gasteiger partial charge in [0, 0.05) is 18.4 Å². The second-order valence-corrected chi connectivity index (χ2v) is 7.45. The van der Waals surface area contributed by atoms with Crippen molar-refractivity contribution in [1.29, 1.82) is 0 Å². The molecule has 4 nitrogen and oxygen atoms in total. The first-order valence-electron chi connectivity index (χ1n) is 7.43. The van der Waals surface area contributed by atoms with E-state index in [1.54, 1.807) is 0 Å². The van der Waals surface area contributed by atoms with Crippen molar-refractivity contribution in [3.05, 3.63) is 0 Å². The molecule has 0 saturated carbocycles. The third-order valence-corrected chi connectivity index (χ3v) is 5.21. The van der Waals surface area contributed by atoms with Gasteiger partial charge in [0.25, 0.3) is 0 Å². The van der Waals surface area contributed by atoms with Gasteiger partial charge < -0.3 is 14.4 Å². The summed E-state index contributed by atoms with van der Waals surface area (Å²) in [4.78, 5) is 14.9. The van der Waals surface area contributed by atoms with Crippen LogP contribution in [0.3, 0.4) is 0 Å². The summed E-state index contributed by atoms with van der Waals surface area (Å²) in [7, 11) is 0. The van der Waals surface area contributed by atoms with Crippen molar-refractivity contribution in [2.45, 2.75) is 58.5 Å². The summed E-state index contributed by atoms with van der Waals surface area (Å²) in [6.45, 7) is 11.6. The molecule has 0 aromatic heterocycles. The summed E-state index contributed by atoms with van der Waals surface area (Å²) in [6, 6.07) is 0. The number of morpholine rings is 1. The highest BCUT2D eigenvalue weighted by atomic mass is 79.9. The zero-order valence-corrected chi connectivity index (χ0v) is 14.6. The van der Waals surface area contributed by atoms with Gasteiger partial charge in [0.15, 0.2) is 0 Å². The number of carbonyl (C=O) groups is 1. The number of hydrogen-bond donors (Lipinski definition) is 0. The minimum absolute atomic E-state index is 0.000812. The van der Waals surface area contributed by atoms with E-state index in [0.29, 0.717) is 13.1 Å². The van der Waals surface area contributed by atoms with Gasteiger partial charge in [-0.25, -0.2) is 0 Å². The molecule has 0 N–H and O–H groups in total. The lowest BCUT2D eigenvalue weighted by Crippen LogP contribution is -2.57. The Morgan fingerprint density at radius 2 is 1.95 bits per heavy atom. The first-order chi connectivity index (χ1) is 9.25. The van der Waals surface area contributed by atoms with E-state index in [1.807, 2.05) is 25.7 Å². The Morgan fingerprint density at radius 3 is 2.45 bits per heavy atom. The van der Waals surface area contributed by atoms with Gasteiger partial charge in [0.2, 0.25) is 5.91 Å². The average Bonchev–Trinajstić information content (AvgIpc) is 2.60. The fourth-order valence-corrected chi connectivity index (χ4v) is 3.78. The first kappa shape index (κ1) is 16.2. The van der Waals surface area contributed by atoms with Gasteiger partial charge in [-0.1, -0.05) is 22.9 Å². The molecule has 0 aromatic carbocycles. The molecular weight excluding hydrogens is 322 g/mol. The van der Waals surface area contributed by atoms with Crippen LogP contribution in [0.1, 0.15) is 34.6 Å². The Balaban J connectivity index is 2.12. The molecule has 0 aromatic rings. The normalized spacial score (nSPS) is 40.9. The lowest BCUT2D eigenvalue weighted by molar-refractivity contribution is -0.162. The van der Waals surface area contributed by atoms with E-state index in [1.165, 1.54) is 0 Å². The molecule has 5 unspecified atom stereocenters. The third kappa shape index (κ3) is 3.20. The fraction of sp³-hybridized carbons (Fsp3) is 0.933. The zero-order valence-electron chi connectivity index (χ0n) is 13.1. The molecule has 20 heavy (non-hydrogen) atoms. The van der Waals surface area contributed by atoms with Crippen molar-refractivity contribution in [3.63, 3.8) is 0 Å². The van der Waals surface area contributed by atoms with Crippen molar-refractivity contribution >= 4 is 21.8 Å². The number of amides is 1. The summed E-state index contributed by atoms with van der Waals surface area (Å²) >= 11 is 3.47. The zero-order chi connectivity index (χ0) is 15.1. The summed E-state index contributed by atoms with van der Waals surface area (Å²) in [5.74, 6) is 0.456. The molecule has 0 radical (unpaired) electrons. The number of carbonyl (C=O) groups excluding carboxylic acids is 1. The number of halogens is 1. The molecule has 5 atom stereocenters. The molecule has 116 valence electrons. The maximum Gasteiger partial charge on any atom is 0.228 e. The Kier molecular flexibility index (Phi) is 4.82. The second-order valence-electron chi connectivity index (χ2n) is 6.80. The molecule has 2 fully saturated rings. The Hall–Kier alpha value is -0.130. The molecule has 2 heterocycles. The van der Waals surface area contributed by atoms with E-state index in [0.717, 1.165) is 5.33 Å². The standard InChI is InChI=1S/C15H26BrNO3/c1-9-10(2)19-11(3)13(9)14(18)17-7-12(6-16)20-15(4,5)8-17/h9-13H,6-8H2,1-5H3.